The number of rotatable bonds is 7. The highest BCUT2D eigenvalue weighted by molar-refractivity contribution is 6.31. The third kappa shape index (κ3) is 6.23. The highest BCUT2D eigenvalue weighted by Gasteiger charge is 2.40. The van der Waals surface area contributed by atoms with Gasteiger partial charge in [0.05, 0.1) is 19.8 Å². The van der Waals surface area contributed by atoms with Crippen molar-refractivity contribution in [3.63, 3.8) is 0 Å². The van der Waals surface area contributed by atoms with Gasteiger partial charge in [0, 0.05) is 48.6 Å². The van der Waals surface area contributed by atoms with Crippen molar-refractivity contribution in [3.8, 4) is 11.5 Å². The molecule has 2 heterocycles. The summed E-state index contributed by atoms with van der Waals surface area (Å²) >= 11 is 6.19. The Kier molecular flexibility index (Phi) is 8.02. The fourth-order valence-corrected chi connectivity index (χ4v) is 5.15. The second-order valence-corrected chi connectivity index (χ2v) is 10.2. The molecule has 2 aliphatic rings. The number of nitrogens with zero attached hydrogens (tertiary/aromatic N) is 2. The predicted octanol–water partition coefficient (Wildman–Crippen LogP) is 4.57. The van der Waals surface area contributed by atoms with E-state index in [9.17, 15) is 9.90 Å². The topological polar surface area (TPSA) is 62.2 Å². The first-order chi connectivity index (χ1) is 16.3. The Hall–Kier alpha value is -2.28. The van der Waals surface area contributed by atoms with Gasteiger partial charge in [-0.05, 0) is 63.1 Å². The van der Waals surface area contributed by atoms with Crippen molar-refractivity contribution in [1.29, 1.82) is 0 Å². The summed E-state index contributed by atoms with van der Waals surface area (Å²) in [5.41, 5.74) is 2.71. The lowest BCUT2D eigenvalue weighted by Crippen LogP contribution is -2.50. The van der Waals surface area contributed by atoms with Gasteiger partial charge in [-0.2, -0.15) is 0 Å². The van der Waals surface area contributed by atoms with E-state index >= 15 is 0 Å². The Morgan fingerprint density at radius 3 is 2.71 bits per heavy atom. The van der Waals surface area contributed by atoms with Crippen molar-refractivity contribution in [2.24, 2.45) is 5.41 Å². The lowest BCUT2D eigenvalue weighted by Gasteiger charge is -2.43. The summed E-state index contributed by atoms with van der Waals surface area (Å²) in [5, 5.41) is 11.1. The monoisotopic (exact) mass is 486 g/mol. The molecule has 2 aliphatic heterocycles. The van der Waals surface area contributed by atoms with Crippen molar-refractivity contribution in [2.45, 2.75) is 39.7 Å². The molecule has 1 amide bonds. The summed E-state index contributed by atoms with van der Waals surface area (Å²) in [6.07, 6.45) is 2.34. The van der Waals surface area contributed by atoms with Crippen LogP contribution >= 0.6 is 11.6 Å². The van der Waals surface area contributed by atoms with Crippen LogP contribution in [-0.4, -0.2) is 66.8 Å². The molecule has 0 saturated carbocycles. The number of aryl methyl sites for hydroxylation is 2. The molecule has 0 radical (unpaired) electrons. The minimum Gasteiger partial charge on any atom is -0.508 e. The summed E-state index contributed by atoms with van der Waals surface area (Å²) in [6.45, 7) is 9.26. The van der Waals surface area contributed by atoms with Gasteiger partial charge in [0.2, 0.25) is 5.91 Å². The molecule has 1 atom stereocenters. The van der Waals surface area contributed by atoms with Gasteiger partial charge in [0.25, 0.3) is 0 Å². The third-order valence-corrected chi connectivity index (χ3v) is 7.36. The number of aromatic hydroxyl groups is 1. The first-order valence-electron chi connectivity index (χ1n) is 12.1. The van der Waals surface area contributed by atoms with Gasteiger partial charge >= 0.3 is 0 Å². The first-order valence-corrected chi connectivity index (χ1v) is 12.5. The lowest BCUT2D eigenvalue weighted by atomic mass is 9.77. The molecule has 2 saturated heterocycles. The zero-order valence-electron chi connectivity index (χ0n) is 20.2. The summed E-state index contributed by atoms with van der Waals surface area (Å²) in [6, 6.07) is 11.4. The fraction of sp³-hybridized carbons (Fsp3) is 0.519. The van der Waals surface area contributed by atoms with Gasteiger partial charge in [0.15, 0.2) is 0 Å². The average molecular weight is 487 g/mol. The van der Waals surface area contributed by atoms with E-state index in [0.717, 1.165) is 48.4 Å². The molecule has 0 aliphatic carbocycles. The maximum atomic E-state index is 13.3. The maximum absolute atomic E-state index is 13.3. The summed E-state index contributed by atoms with van der Waals surface area (Å²) < 4.78 is 11.7. The van der Waals surface area contributed by atoms with E-state index in [2.05, 4.69) is 4.90 Å². The van der Waals surface area contributed by atoms with Crippen LogP contribution in [0, 0.1) is 19.3 Å². The number of halogens is 1. The van der Waals surface area contributed by atoms with E-state index in [0.29, 0.717) is 56.6 Å². The van der Waals surface area contributed by atoms with E-state index in [4.69, 9.17) is 21.1 Å². The highest BCUT2D eigenvalue weighted by Crippen LogP contribution is 2.37. The summed E-state index contributed by atoms with van der Waals surface area (Å²) in [7, 11) is 0. The Morgan fingerprint density at radius 2 is 1.94 bits per heavy atom. The van der Waals surface area contributed by atoms with Crippen molar-refractivity contribution in [1.82, 2.24) is 9.80 Å². The predicted molar refractivity (Wildman–Crippen MR) is 133 cm³/mol. The van der Waals surface area contributed by atoms with E-state index in [-0.39, 0.29) is 11.3 Å². The van der Waals surface area contributed by atoms with Crippen LogP contribution in [0.25, 0.3) is 0 Å². The normalized spacial score (nSPS) is 21.4. The van der Waals surface area contributed by atoms with Crippen LogP contribution < -0.4 is 4.74 Å². The smallest absolute Gasteiger partial charge is 0.223 e. The molecule has 184 valence electrons. The number of hydrogen-bond donors (Lipinski definition) is 1. The Morgan fingerprint density at radius 1 is 1.15 bits per heavy atom. The van der Waals surface area contributed by atoms with Gasteiger partial charge in [-0.1, -0.05) is 29.3 Å². The molecule has 0 unspecified atom stereocenters. The van der Waals surface area contributed by atoms with Crippen LogP contribution in [0.4, 0.5) is 0 Å². The molecule has 0 spiro atoms. The Balaban J connectivity index is 1.52. The molecule has 0 aromatic heterocycles. The number of carbonyl (C=O) groups is 1. The molecule has 2 aromatic rings. The lowest BCUT2D eigenvalue weighted by molar-refractivity contribution is -0.139. The van der Waals surface area contributed by atoms with Crippen molar-refractivity contribution >= 4 is 17.5 Å². The van der Waals surface area contributed by atoms with Crippen molar-refractivity contribution < 1.29 is 19.4 Å². The maximum Gasteiger partial charge on any atom is 0.223 e. The Bertz CT molecular complexity index is 1010. The number of benzene rings is 2. The van der Waals surface area contributed by atoms with Crippen LogP contribution in [0.1, 0.15) is 36.0 Å². The molecular formula is C27H35ClN2O4. The van der Waals surface area contributed by atoms with E-state index in [1.807, 2.05) is 49.1 Å². The van der Waals surface area contributed by atoms with Gasteiger partial charge in [-0.25, -0.2) is 0 Å². The van der Waals surface area contributed by atoms with E-state index < -0.39 is 0 Å². The van der Waals surface area contributed by atoms with Gasteiger partial charge in [-0.3, -0.25) is 9.69 Å². The highest BCUT2D eigenvalue weighted by atomic mass is 35.5. The average Bonchev–Trinajstić information content (AvgIpc) is 2.83. The number of hydrogen-bond acceptors (Lipinski definition) is 5. The van der Waals surface area contributed by atoms with Crippen LogP contribution in [0.5, 0.6) is 11.5 Å². The second kappa shape index (κ2) is 11.0. The number of likely N-dealkylation sites (tertiary alicyclic amines) is 1. The molecule has 0 bridgehead atoms. The fourth-order valence-electron chi connectivity index (χ4n) is 5.03. The number of amides is 1. The zero-order chi connectivity index (χ0) is 24.1. The SMILES string of the molecule is Cc1ccc(O)c(CN2CCC[C@](COc3ccc(Cl)c(C)c3)(CC(=O)N3CCOCC3)C2)c1. The standard InChI is InChI=1S/C27H35ClN2O4/c1-20-4-7-25(31)22(14-20)17-29-9-3-8-27(18-29,16-26(32)30-10-12-33-13-11-30)19-34-23-5-6-24(28)21(2)15-23/h4-7,14-15,31H,3,8-13,16-19H2,1-2H3/t27-/m0/s1. The molecular weight excluding hydrogens is 452 g/mol. The molecule has 34 heavy (non-hydrogen) atoms. The quantitative estimate of drug-likeness (QED) is 0.621. The van der Waals surface area contributed by atoms with Crippen LogP contribution in [0.2, 0.25) is 5.02 Å². The molecule has 2 aromatic carbocycles. The largest absolute Gasteiger partial charge is 0.508 e. The second-order valence-electron chi connectivity index (χ2n) is 9.82. The minimum atomic E-state index is -0.305. The molecule has 1 N–H and O–H groups in total. The number of morpholine rings is 1. The molecule has 7 heteroatoms. The molecule has 4 rings (SSSR count). The number of piperidine rings is 1. The molecule has 6 nitrogen and oxygen atoms in total. The van der Waals surface area contributed by atoms with Gasteiger partial charge in [0.1, 0.15) is 11.5 Å². The number of ether oxygens (including phenoxy) is 2. The van der Waals surface area contributed by atoms with Crippen molar-refractivity contribution in [2.75, 3.05) is 46.0 Å². The number of phenolic OH excluding ortho intramolecular Hbond substituents is 1. The Labute approximate surface area is 207 Å². The van der Waals surface area contributed by atoms with Crippen LogP contribution in [-0.2, 0) is 16.1 Å². The van der Waals surface area contributed by atoms with Gasteiger partial charge in [-0.15, -0.1) is 0 Å². The minimum absolute atomic E-state index is 0.166. The zero-order valence-corrected chi connectivity index (χ0v) is 20.9. The third-order valence-electron chi connectivity index (χ3n) is 6.93. The summed E-state index contributed by atoms with van der Waals surface area (Å²) in [5.74, 6) is 1.26. The van der Waals surface area contributed by atoms with Crippen LogP contribution in [0.15, 0.2) is 36.4 Å². The number of phenols is 1. The summed E-state index contributed by atoms with van der Waals surface area (Å²) in [4.78, 5) is 17.6. The number of carbonyl (C=O) groups excluding carboxylic acids is 1. The van der Waals surface area contributed by atoms with Crippen LogP contribution in [0.3, 0.4) is 0 Å². The van der Waals surface area contributed by atoms with Crippen molar-refractivity contribution in [3.05, 3.63) is 58.1 Å². The van der Waals surface area contributed by atoms with E-state index in [1.54, 1.807) is 6.07 Å². The van der Waals surface area contributed by atoms with E-state index in [1.165, 1.54) is 0 Å². The van der Waals surface area contributed by atoms with Gasteiger partial charge < -0.3 is 19.5 Å². The first kappa shape index (κ1) is 24.8. The molecule has 2 fully saturated rings.